The Bertz CT molecular complexity index is 912. The average Bonchev–Trinajstić information content (AvgIpc) is 3.11. The minimum atomic E-state index is -0.868. The number of hydrogen-bond donors (Lipinski definition) is 1. The number of aromatic nitrogens is 2. The maximum absolute atomic E-state index is 13.6. The van der Waals surface area contributed by atoms with Crippen molar-refractivity contribution in [3.63, 3.8) is 0 Å². The minimum Gasteiger partial charge on any atom is -0.385 e. The number of rotatable bonds is 2. The van der Waals surface area contributed by atoms with Crippen LogP contribution in [0.1, 0.15) is 66.8 Å². The number of carbonyl (C=O) groups excluding carboxylic acids is 1. The van der Waals surface area contributed by atoms with Crippen molar-refractivity contribution >= 4 is 17.5 Å². The highest BCUT2D eigenvalue weighted by molar-refractivity contribution is 6.30. The molecule has 2 aromatic rings. The first-order chi connectivity index (χ1) is 14.1. The first kappa shape index (κ1) is 19.1. The van der Waals surface area contributed by atoms with E-state index in [1.165, 1.54) is 0 Å². The van der Waals surface area contributed by atoms with E-state index in [4.69, 9.17) is 11.6 Å². The maximum Gasteiger partial charge on any atom is 0.290 e. The van der Waals surface area contributed by atoms with Crippen LogP contribution in [0.4, 0.5) is 0 Å². The van der Waals surface area contributed by atoms with Crippen molar-refractivity contribution in [3.8, 4) is 0 Å². The summed E-state index contributed by atoms with van der Waals surface area (Å²) in [7, 11) is 0. The van der Waals surface area contributed by atoms with Crippen LogP contribution in [-0.4, -0.2) is 38.1 Å². The van der Waals surface area contributed by atoms with Gasteiger partial charge in [0.25, 0.3) is 5.91 Å². The van der Waals surface area contributed by atoms with Crippen LogP contribution in [0.3, 0.4) is 0 Å². The molecular formula is C23H28ClN3O2. The topological polar surface area (TPSA) is 58.4 Å². The van der Waals surface area contributed by atoms with Gasteiger partial charge in [0.1, 0.15) is 0 Å². The Morgan fingerprint density at radius 1 is 1.10 bits per heavy atom. The monoisotopic (exact) mass is 413 g/mol. The first-order valence-corrected chi connectivity index (χ1v) is 11.3. The smallest absolute Gasteiger partial charge is 0.290 e. The molecule has 1 aromatic heterocycles. The van der Waals surface area contributed by atoms with E-state index in [0.717, 1.165) is 62.7 Å². The molecule has 154 valence electrons. The van der Waals surface area contributed by atoms with E-state index in [9.17, 15) is 9.90 Å². The van der Waals surface area contributed by atoms with Gasteiger partial charge < -0.3 is 14.6 Å². The van der Waals surface area contributed by atoms with Gasteiger partial charge in [0.15, 0.2) is 5.15 Å². The van der Waals surface area contributed by atoms with Crippen LogP contribution in [-0.2, 0) is 18.6 Å². The summed E-state index contributed by atoms with van der Waals surface area (Å²) in [4.78, 5) is 20.1. The molecule has 1 N–H and O–H groups in total. The second-order valence-corrected chi connectivity index (χ2v) is 9.14. The molecule has 0 bridgehead atoms. The van der Waals surface area contributed by atoms with Crippen molar-refractivity contribution in [3.05, 3.63) is 52.6 Å². The number of hydrogen-bond acceptors (Lipinski definition) is 3. The Hall–Kier alpha value is -1.85. The fourth-order valence-corrected chi connectivity index (χ4v) is 6.09. The number of fused-ring (bicyclic) bond motifs is 2. The van der Waals surface area contributed by atoms with Crippen molar-refractivity contribution in [1.82, 2.24) is 14.5 Å². The summed E-state index contributed by atoms with van der Waals surface area (Å²) < 4.78 is 2.03. The highest BCUT2D eigenvalue weighted by atomic mass is 35.5. The van der Waals surface area contributed by atoms with Crippen molar-refractivity contribution in [1.29, 1.82) is 0 Å². The summed E-state index contributed by atoms with van der Waals surface area (Å²) in [6, 6.07) is 10.0. The summed E-state index contributed by atoms with van der Waals surface area (Å²) >= 11 is 6.37. The third-order valence-corrected chi connectivity index (χ3v) is 7.57. The quantitative estimate of drug-likeness (QED) is 0.803. The highest BCUT2D eigenvalue weighted by Gasteiger charge is 2.50. The molecule has 0 radical (unpaired) electrons. The van der Waals surface area contributed by atoms with Gasteiger partial charge in [-0.25, -0.2) is 4.98 Å². The zero-order valence-electron chi connectivity index (χ0n) is 16.7. The van der Waals surface area contributed by atoms with E-state index in [2.05, 4.69) is 4.98 Å². The minimum absolute atomic E-state index is 0.0212. The summed E-state index contributed by atoms with van der Waals surface area (Å²) in [5.41, 5.74) is 1.11. The van der Waals surface area contributed by atoms with E-state index < -0.39 is 5.60 Å². The molecule has 1 saturated heterocycles. The SMILES string of the molecule is O=C(c1nc(Cl)c2n1CCCC2)N1CC[C@](O)(c2ccccc2)[C@H]2CCCC[C@H]21. The van der Waals surface area contributed by atoms with Crippen LogP contribution in [0.15, 0.2) is 30.3 Å². The van der Waals surface area contributed by atoms with Crippen LogP contribution < -0.4 is 0 Å². The number of amides is 1. The fourth-order valence-electron chi connectivity index (χ4n) is 5.81. The van der Waals surface area contributed by atoms with Crippen molar-refractivity contribution in [2.24, 2.45) is 5.92 Å². The predicted molar refractivity (Wildman–Crippen MR) is 112 cm³/mol. The Balaban J connectivity index is 1.48. The van der Waals surface area contributed by atoms with Gasteiger partial charge in [-0.15, -0.1) is 0 Å². The molecule has 6 heteroatoms. The normalized spacial score (nSPS) is 29.2. The number of imidazole rings is 1. The molecule has 3 aliphatic rings. The van der Waals surface area contributed by atoms with E-state index in [-0.39, 0.29) is 17.9 Å². The molecule has 5 rings (SSSR count). The van der Waals surface area contributed by atoms with Crippen molar-refractivity contribution < 1.29 is 9.90 Å². The molecule has 1 aliphatic carbocycles. The second kappa shape index (κ2) is 7.44. The molecule has 0 spiro atoms. The summed E-state index contributed by atoms with van der Waals surface area (Å²) in [5, 5.41) is 12.2. The lowest BCUT2D eigenvalue weighted by Gasteiger charge is -2.52. The number of halogens is 1. The van der Waals surface area contributed by atoms with Crippen LogP contribution in [0.2, 0.25) is 5.15 Å². The van der Waals surface area contributed by atoms with Gasteiger partial charge in [0.05, 0.1) is 11.3 Å². The molecule has 3 heterocycles. The van der Waals surface area contributed by atoms with E-state index in [0.29, 0.717) is 23.9 Å². The fraction of sp³-hybridized carbons (Fsp3) is 0.565. The van der Waals surface area contributed by atoms with Crippen molar-refractivity contribution in [2.45, 2.75) is 69.6 Å². The lowest BCUT2D eigenvalue weighted by molar-refractivity contribution is -0.110. The van der Waals surface area contributed by atoms with Gasteiger partial charge >= 0.3 is 0 Å². The Morgan fingerprint density at radius 3 is 2.72 bits per heavy atom. The Morgan fingerprint density at radius 2 is 1.90 bits per heavy atom. The number of likely N-dealkylation sites (tertiary alicyclic amines) is 1. The molecule has 5 nitrogen and oxygen atoms in total. The predicted octanol–water partition coefficient (Wildman–Crippen LogP) is 4.17. The molecule has 1 aromatic carbocycles. The third kappa shape index (κ3) is 3.10. The molecule has 29 heavy (non-hydrogen) atoms. The van der Waals surface area contributed by atoms with Crippen LogP contribution in [0.25, 0.3) is 0 Å². The lowest BCUT2D eigenvalue weighted by atomic mass is 9.66. The molecular weight excluding hydrogens is 386 g/mol. The standard InChI is InChI=1S/C23H28ClN3O2/c24-20-19-12-6-7-14-26(19)21(25-20)22(28)27-15-13-23(29,16-8-2-1-3-9-16)17-10-4-5-11-18(17)27/h1-3,8-9,17-18,29H,4-7,10-15H2/t17-,18+,23-/m0/s1. The molecule has 2 aliphatic heterocycles. The lowest BCUT2D eigenvalue weighted by Crippen LogP contribution is -2.59. The van der Waals surface area contributed by atoms with Gasteiger partial charge in [-0.2, -0.15) is 0 Å². The molecule has 1 saturated carbocycles. The zero-order chi connectivity index (χ0) is 20.0. The second-order valence-electron chi connectivity index (χ2n) is 8.78. The molecule has 3 atom stereocenters. The van der Waals surface area contributed by atoms with Gasteiger partial charge in [0, 0.05) is 25.0 Å². The van der Waals surface area contributed by atoms with Gasteiger partial charge in [0.2, 0.25) is 5.82 Å². The van der Waals surface area contributed by atoms with Gasteiger partial charge in [-0.1, -0.05) is 54.8 Å². The van der Waals surface area contributed by atoms with Gasteiger partial charge in [-0.3, -0.25) is 4.79 Å². The Labute approximate surface area is 176 Å². The number of carbonyl (C=O) groups is 1. The van der Waals surface area contributed by atoms with E-state index in [1.54, 1.807) is 0 Å². The highest BCUT2D eigenvalue weighted by Crippen LogP contribution is 2.47. The average molecular weight is 414 g/mol. The number of benzene rings is 1. The van der Waals surface area contributed by atoms with Gasteiger partial charge in [-0.05, 0) is 44.1 Å². The first-order valence-electron chi connectivity index (χ1n) is 10.9. The zero-order valence-corrected chi connectivity index (χ0v) is 17.4. The van der Waals surface area contributed by atoms with Crippen molar-refractivity contribution in [2.75, 3.05) is 6.54 Å². The molecule has 2 fully saturated rings. The largest absolute Gasteiger partial charge is 0.385 e. The number of piperidine rings is 1. The summed E-state index contributed by atoms with van der Waals surface area (Å²) in [6.07, 6.45) is 7.67. The van der Waals surface area contributed by atoms with Crippen LogP contribution in [0, 0.1) is 5.92 Å². The number of nitrogens with zero attached hydrogens (tertiary/aromatic N) is 3. The maximum atomic E-state index is 13.6. The summed E-state index contributed by atoms with van der Waals surface area (Å²) in [6.45, 7) is 1.36. The number of aliphatic hydroxyl groups is 1. The van der Waals surface area contributed by atoms with Crippen LogP contribution >= 0.6 is 11.6 Å². The van der Waals surface area contributed by atoms with Crippen LogP contribution in [0.5, 0.6) is 0 Å². The summed E-state index contributed by atoms with van der Waals surface area (Å²) in [5.74, 6) is 0.522. The van der Waals surface area contributed by atoms with E-state index in [1.807, 2.05) is 39.8 Å². The molecule has 1 amide bonds. The third-order valence-electron chi connectivity index (χ3n) is 7.27. The molecule has 0 unspecified atom stereocenters. The van der Waals surface area contributed by atoms with E-state index >= 15 is 0 Å². The Kier molecular flexibility index (Phi) is 4.91.